The second-order valence-corrected chi connectivity index (χ2v) is 7.57. The molecule has 0 spiro atoms. The van der Waals surface area contributed by atoms with Crippen molar-refractivity contribution in [3.8, 4) is 0 Å². The van der Waals surface area contributed by atoms with Crippen LogP contribution in [0.5, 0.6) is 0 Å². The zero-order valence-electron chi connectivity index (χ0n) is 16.4. The first-order valence-corrected chi connectivity index (χ1v) is 10.1. The molecule has 0 saturated heterocycles. The first-order chi connectivity index (χ1) is 14.8. The smallest absolute Gasteiger partial charge is 0.128 e. The minimum absolute atomic E-state index is 0.286. The number of rotatable bonds is 5. The van der Waals surface area contributed by atoms with E-state index in [4.69, 9.17) is 9.68 Å². The first kappa shape index (κ1) is 18.6. The van der Waals surface area contributed by atoms with Crippen LogP contribution in [0.25, 0.3) is 0 Å². The van der Waals surface area contributed by atoms with E-state index in [0.29, 0.717) is 0 Å². The fourth-order valence-electron chi connectivity index (χ4n) is 4.39. The van der Waals surface area contributed by atoms with E-state index >= 15 is 0 Å². The van der Waals surface area contributed by atoms with E-state index in [1.54, 1.807) is 0 Å². The van der Waals surface area contributed by atoms with E-state index < -0.39 is 5.60 Å². The predicted molar refractivity (Wildman–Crippen MR) is 115 cm³/mol. The molecule has 150 valence electrons. The summed E-state index contributed by atoms with van der Waals surface area (Å²) >= 11 is 0. The molecule has 1 N–H and O–H groups in total. The second kappa shape index (κ2) is 7.76. The van der Waals surface area contributed by atoms with Crippen molar-refractivity contribution in [1.82, 2.24) is 0 Å². The first-order valence-electron chi connectivity index (χ1n) is 10.1. The highest BCUT2D eigenvalue weighted by molar-refractivity contribution is 6.06. The molecule has 0 radical (unpaired) electrons. The van der Waals surface area contributed by atoms with Crippen LogP contribution in [0.15, 0.2) is 101 Å². The van der Waals surface area contributed by atoms with Crippen LogP contribution in [0.1, 0.15) is 16.7 Å². The molecule has 0 saturated carbocycles. The van der Waals surface area contributed by atoms with Crippen molar-refractivity contribution in [2.45, 2.75) is 5.60 Å². The number of hydrogen-bond acceptors (Lipinski definition) is 5. The molecule has 0 bridgehead atoms. The van der Waals surface area contributed by atoms with Gasteiger partial charge in [-0.15, -0.1) is 0 Å². The highest BCUT2D eigenvalue weighted by atomic mass is 16.6. The Labute approximate surface area is 175 Å². The summed E-state index contributed by atoms with van der Waals surface area (Å²) in [6, 6.07) is 29.4. The number of hydrogen-bond donors (Lipinski definition) is 1. The van der Waals surface area contributed by atoms with Gasteiger partial charge >= 0.3 is 0 Å². The molecule has 30 heavy (non-hydrogen) atoms. The van der Waals surface area contributed by atoms with Crippen molar-refractivity contribution >= 4 is 11.4 Å². The molecular formula is C25H22N2O3. The van der Waals surface area contributed by atoms with Gasteiger partial charge in [-0.05, 0) is 16.7 Å². The van der Waals surface area contributed by atoms with Crippen LogP contribution in [-0.4, -0.2) is 29.7 Å². The summed E-state index contributed by atoms with van der Waals surface area (Å²) in [5, 5.41) is 21.1. The minimum atomic E-state index is -1.31. The Morgan fingerprint density at radius 1 is 0.633 bits per heavy atom. The van der Waals surface area contributed by atoms with Crippen LogP contribution in [0.3, 0.4) is 0 Å². The normalized spacial score (nSPS) is 22.4. The standard InChI is InChI=1S/C25H22N2O3/c28-25(20-14-8-3-9-15-20,21-16-29-26-23(21)18-10-4-1-5-11-18)22-17-30-27-24(22)19-12-6-2-7-13-19/h1-15,21-22,28H,16-17H2. The number of oxime groups is 2. The molecule has 5 rings (SSSR count). The fraction of sp³-hybridized carbons (Fsp3) is 0.200. The molecule has 2 heterocycles. The molecule has 0 amide bonds. The largest absolute Gasteiger partial charge is 0.395 e. The molecule has 5 nitrogen and oxygen atoms in total. The van der Waals surface area contributed by atoms with Gasteiger partial charge < -0.3 is 14.8 Å². The maximum atomic E-state index is 12.4. The summed E-state index contributed by atoms with van der Waals surface area (Å²) in [5.41, 5.74) is 2.83. The van der Waals surface area contributed by atoms with Gasteiger partial charge in [-0.2, -0.15) is 0 Å². The Balaban J connectivity index is 1.63. The molecule has 0 aliphatic carbocycles. The minimum Gasteiger partial charge on any atom is -0.395 e. The summed E-state index contributed by atoms with van der Waals surface area (Å²) in [4.78, 5) is 11.1. The molecule has 0 aromatic heterocycles. The Morgan fingerprint density at radius 2 is 1.03 bits per heavy atom. The maximum absolute atomic E-state index is 12.4. The topological polar surface area (TPSA) is 63.4 Å². The summed E-state index contributed by atoms with van der Waals surface area (Å²) in [6.45, 7) is 0.572. The number of benzene rings is 3. The molecule has 0 fully saturated rings. The summed E-state index contributed by atoms with van der Waals surface area (Å²) in [6.07, 6.45) is 0. The van der Waals surface area contributed by atoms with Crippen molar-refractivity contribution in [3.63, 3.8) is 0 Å². The third-order valence-corrected chi connectivity index (χ3v) is 5.91. The molecule has 2 atom stereocenters. The zero-order valence-corrected chi connectivity index (χ0v) is 16.4. The summed E-state index contributed by atoms with van der Waals surface area (Å²) < 4.78 is 0. The van der Waals surface area contributed by atoms with Crippen LogP contribution < -0.4 is 0 Å². The summed E-state index contributed by atoms with van der Waals surface area (Å²) in [5.74, 6) is -0.745. The van der Waals surface area contributed by atoms with Gasteiger partial charge in [0.15, 0.2) is 0 Å². The molecule has 2 aliphatic rings. The lowest BCUT2D eigenvalue weighted by molar-refractivity contribution is -0.0586. The highest BCUT2D eigenvalue weighted by Crippen LogP contribution is 2.44. The van der Waals surface area contributed by atoms with Gasteiger partial charge in [0.25, 0.3) is 0 Å². The Morgan fingerprint density at radius 3 is 1.47 bits per heavy atom. The van der Waals surface area contributed by atoms with Crippen molar-refractivity contribution in [2.75, 3.05) is 13.2 Å². The monoisotopic (exact) mass is 398 g/mol. The number of nitrogens with zero attached hydrogens (tertiary/aromatic N) is 2. The van der Waals surface area contributed by atoms with Crippen LogP contribution in [0.2, 0.25) is 0 Å². The Kier molecular flexibility index (Phi) is 4.81. The second-order valence-electron chi connectivity index (χ2n) is 7.57. The van der Waals surface area contributed by atoms with Crippen LogP contribution >= 0.6 is 0 Å². The molecule has 2 aliphatic heterocycles. The summed E-state index contributed by atoms with van der Waals surface area (Å²) in [7, 11) is 0. The van der Waals surface area contributed by atoms with Gasteiger partial charge in [-0.3, -0.25) is 0 Å². The third kappa shape index (κ3) is 3.08. The van der Waals surface area contributed by atoms with Gasteiger partial charge in [0.05, 0.1) is 23.3 Å². The lowest BCUT2D eigenvalue weighted by Crippen LogP contribution is -2.49. The van der Waals surface area contributed by atoms with E-state index in [1.807, 2.05) is 91.0 Å². The average molecular weight is 398 g/mol. The van der Waals surface area contributed by atoms with Crippen molar-refractivity contribution < 1.29 is 14.8 Å². The lowest BCUT2D eigenvalue weighted by atomic mass is 9.68. The molecule has 2 unspecified atom stereocenters. The van der Waals surface area contributed by atoms with Gasteiger partial charge in [0, 0.05) is 0 Å². The average Bonchev–Trinajstić information content (AvgIpc) is 3.51. The van der Waals surface area contributed by atoms with E-state index in [0.717, 1.165) is 28.1 Å². The Hall–Kier alpha value is -3.44. The Bertz CT molecular complexity index is 1000. The van der Waals surface area contributed by atoms with Crippen LogP contribution in [0, 0.1) is 11.8 Å². The molecular weight excluding hydrogens is 376 g/mol. The molecule has 5 heteroatoms. The zero-order chi connectivity index (χ0) is 20.4. The van der Waals surface area contributed by atoms with Crippen LogP contribution in [-0.2, 0) is 15.3 Å². The molecule has 3 aromatic rings. The third-order valence-electron chi connectivity index (χ3n) is 5.91. The van der Waals surface area contributed by atoms with Crippen LogP contribution in [0.4, 0.5) is 0 Å². The molecule has 3 aromatic carbocycles. The van der Waals surface area contributed by atoms with Gasteiger partial charge in [0.2, 0.25) is 0 Å². The maximum Gasteiger partial charge on any atom is 0.128 e. The van der Waals surface area contributed by atoms with E-state index in [2.05, 4.69) is 10.3 Å². The number of aliphatic hydroxyl groups is 1. The van der Waals surface area contributed by atoms with Gasteiger partial charge in [-0.1, -0.05) is 101 Å². The van der Waals surface area contributed by atoms with Crippen molar-refractivity contribution in [2.24, 2.45) is 22.1 Å². The van der Waals surface area contributed by atoms with Crippen molar-refractivity contribution in [3.05, 3.63) is 108 Å². The van der Waals surface area contributed by atoms with Crippen molar-refractivity contribution in [1.29, 1.82) is 0 Å². The van der Waals surface area contributed by atoms with Gasteiger partial charge in [0.1, 0.15) is 18.8 Å². The quantitative estimate of drug-likeness (QED) is 0.707. The van der Waals surface area contributed by atoms with Gasteiger partial charge in [-0.25, -0.2) is 0 Å². The van der Waals surface area contributed by atoms with E-state index in [-0.39, 0.29) is 25.0 Å². The SMILES string of the molecule is OC(c1ccccc1)(C1CON=C1c1ccccc1)C1CON=C1c1ccccc1. The highest BCUT2D eigenvalue weighted by Gasteiger charge is 2.54. The fourth-order valence-corrected chi connectivity index (χ4v) is 4.39. The lowest BCUT2D eigenvalue weighted by Gasteiger charge is -2.38. The van der Waals surface area contributed by atoms with E-state index in [1.165, 1.54) is 0 Å². The van der Waals surface area contributed by atoms with E-state index in [9.17, 15) is 5.11 Å². The predicted octanol–water partition coefficient (Wildman–Crippen LogP) is 3.98.